The lowest BCUT2D eigenvalue weighted by molar-refractivity contribution is 0.256. The molecule has 0 radical (unpaired) electrons. The van der Waals surface area contributed by atoms with E-state index in [0.29, 0.717) is 30.6 Å². The number of methoxy groups -OCH3 is 1. The fourth-order valence-electron chi connectivity index (χ4n) is 1.83. The van der Waals surface area contributed by atoms with Crippen molar-refractivity contribution in [3.63, 3.8) is 0 Å². The topological polar surface area (TPSA) is 84.7 Å². The molecule has 1 unspecified atom stereocenters. The zero-order chi connectivity index (χ0) is 16.0. The van der Waals surface area contributed by atoms with Crippen molar-refractivity contribution in [2.24, 2.45) is 0 Å². The molecule has 0 saturated carbocycles. The Bertz CT molecular complexity index is 561. The van der Waals surface area contributed by atoms with E-state index in [4.69, 9.17) is 10.5 Å². The summed E-state index contributed by atoms with van der Waals surface area (Å²) in [6.45, 7) is 5.22. The number of sulfonamides is 1. The molecule has 1 aromatic rings. The molecule has 0 aliphatic carbocycles. The lowest BCUT2D eigenvalue weighted by atomic mass is 10.2. The zero-order valence-corrected chi connectivity index (χ0v) is 13.9. The second-order valence-corrected chi connectivity index (χ2v) is 6.81. The van der Waals surface area contributed by atoms with Crippen LogP contribution >= 0.6 is 0 Å². The standard InChI is InChI=1S/C14H25N3O3S/c1-5-11(2)17(3)9-8-16-21(18,19)12-6-7-13(15)14(10-12)20-4/h6-7,10-11,16H,5,8-9,15H2,1-4H3. The van der Waals surface area contributed by atoms with Crippen LogP contribution in [0.3, 0.4) is 0 Å². The Kier molecular flexibility index (Phi) is 6.44. The maximum Gasteiger partial charge on any atom is 0.240 e. The first-order valence-electron chi connectivity index (χ1n) is 6.95. The van der Waals surface area contributed by atoms with Crippen LogP contribution in [0.25, 0.3) is 0 Å². The van der Waals surface area contributed by atoms with Gasteiger partial charge in [0, 0.05) is 25.2 Å². The lowest BCUT2D eigenvalue weighted by Gasteiger charge is -2.23. The average molecular weight is 315 g/mol. The number of nitrogens with two attached hydrogens (primary N) is 1. The summed E-state index contributed by atoms with van der Waals surface area (Å²) < 4.78 is 32.0. The Morgan fingerprint density at radius 1 is 1.43 bits per heavy atom. The Morgan fingerprint density at radius 2 is 2.10 bits per heavy atom. The molecular weight excluding hydrogens is 290 g/mol. The third-order valence-electron chi connectivity index (χ3n) is 3.62. The highest BCUT2D eigenvalue weighted by Gasteiger charge is 2.16. The molecule has 0 saturated heterocycles. The molecule has 120 valence electrons. The van der Waals surface area contributed by atoms with Gasteiger partial charge in [0.1, 0.15) is 5.75 Å². The third kappa shape index (κ3) is 4.87. The average Bonchev–Trinajstić information content (AvgIpc) is 2.46. The van der Waals surface area contributed by atoms with Gasteiger partial charge in [-0.2, -0.15) is 0 Å². The minimum Gasteiger partial charge on any atom is -0.495 e. The zero-order valence-electron chi connectivity index (χ0n) is 13.1. The number of nitrogen functional groups attached to an aromatic ring is 1. The van der Waals surface area contributed by atoms with Gasteiger partial charge < -0.3 is 15.4 Å². The smallest absolute Gasteiger partial charge is 0.240 e. The van der Waals surface area contributed by atoms with Crippen LogP contribution in [0.1, 0.15) is 20.3 Å². The monoisotopic (exact) mass is 315 g/mol. The Hall–Kier alpha value is -1.31. The molecule has 0 heterocycles. The quantitative estimate of drug-likeness (QED) is 0.706. The van der Waals surface area contributed by atoms with Crippen molar-refractivity contribution in [3.05, 3.63) is 18.2 Å². The second kappa shape index (κ2) is 7.63. The summed E-state index contributed by atoms with van der Waals surface area (Å²) in [4.78, 5) is 2.27. The van der Waals surface area contributed by atoms with Gasteiger partial charge in [0.05, 0.1) is 17.7 Å². The van der Waals surface area contributed by atoms with Gasteiger partial charge in [-0.3, -0.25) is 0 Å². The van der Waals surface area contributed by atoms with Gasteiger partial charge in [0.25, 0.3) is 0 Å². The first-order chi connectivity index (χ1) is 9.81. The van der Waals surface area contributed by atoms with Crippen molar-refractivity contribution in [2.75, 3.05) is 33.0 Å². The molecule has 0 aliphatic heterocycles. The summed E-state index contributed by atoms with van der Waals surface area (Å²) in [5, 5.41) is 0. The molecule has 0 spiro atoms. The number of nitrogens with one attached hydrogen (secondary N) is 1. The van der Waals surface area contributed by atoms with E-state index < -0.39 is 10.0 Å². The minimum absolute atomic E-state index is 0.153. The number of likely N-dealkylation sites (N-methyl/N-ethyl adjacent to an activating group) is 1. The van der Waals surface area contributed by atoms with E-state index in [1.807, 2.05) is 7.05 Å². The number of benzene rings is 1. The van der Waals surface area contributed by atoms with Gasteiger partial charge in [-0.1, -0.05) is 6.92 Å². The van der Waals surface area contributed by atoms with Crippen LogP contribution in [0, 0.1) is 0 Å². The van der Waals surface area contributed by atoms with Crippen molar-refractivity contribution in [2.45, 2.75) is 31.2 Å². The summed E-state index contributed by atoms with van der Waals surface area (Å²) in [6.07, 6.45) is 1.03. The van der Waals surface area contributed by atoms with E-state index in [2.05, 4.69) is 23.5 Å². The van der Waals surface area contributed by atoms with E-state index >= 15 is 0 Å². The molecular formula is C14H25N3O3S. The molecule has 0 aliphatic rings. The number of nitrogens with zero attached hydrogens (tertiary/aromatic N) is 1. The summed E-state index contributed by atoms with van der Waals surface area (Å²) in [5.41, 5.74) is 6.09. The summed E-state index contributed by atoms with van der Waals surface area (Å²) in [6, 6.07) is 4.85. The highest BCUT2D eigenvalue weighted by molar-refractivity contribution is 7.89. The molecule has 0 aromatic heterocycles. The highest BCUT2D eigenvalue weighted by Crippen LogP contribution is 2.24. The molecule has 0 bridgehead atoms. The second-order valence-electron chi connectivity index (χ2n) is 5.04. The number of hydrogen-bond donors (Lipinski definition) is 2. The van der Waals surface area contributed by atoms with Crippen LogP contribution in [0.4, 0.5) is 5.69 Å². The first-order valence-corrected chi connectivity index (χ1v) is 8.43. The number of anilines is 1. The van der Waals surface area contributed by atoms with E-state index in [1.54, 1.807) is 0 Å². The van der Waals surface area contributed by atoms with Crippen LogP contribution in [-0.2, 0) is 10.0 Å². The molecule has 1 atom stereocenters. The first kappa shape index (κ1) is 17.7. The van der Waals surface area contributed by atoms with Gasteiger partial charge >= 0.3 is 0 Å². The molecule has 6 nitrogen and oxygen atoms in total. The van der Waals surface area contributed by atoms with E-state index in [0.717, 1.165) is 6.42 Å². The molecule has 21 heavy (non-hydrogen) atoms. The van der Waals surface area contributed by atoms with Crippen LogP contribution in [0.2, 0.25) is 0 Å². The van der Waals surface area contributed by atoms with Crippen molar-refractivity contribution in [1.29, 1.82) is 0 Å². The Balaban J connectivity index is 2.70. The largest absolute Gasteiger partial charge is 0.495 e. The van der Waals surface area contributed by atoms with Crippen molar-refractivity contribution >= 4 is 15.7 Å². The Morgan fingerprint density at radius 3 is 2.67 bits per heavy atom. The third-order valence-corrected chi connectivity index (χ3v) is 5.07. The van der Waals surface area contributed by atoms with Gasteiger partial charge in [-0.15, -0.1) is 0 Å². The predicted molar refractivity (Wildman–Crippen MR) is 85.0 cm³/mol. The van der Waals surface area contributed by atoms with Crippen molar-refractivity contribution in [1.82, 2.24) is 9.62 Å². The maximum absolute atomic E-state index is 12.2. The normalized spacial score (nSPS) is 13.4. The molecule has 3 N–H and O–H groups in total. The number of hydrogen-bond acceptors (Lipinski definition) is 5. The van der Waals surface area contributed by atoms with Crippen molar-refractivity contribution in [3.8, 4) is 5.75 Å². The van der Waals surface area contributed by atoms with Gasteiger partial charge in [0.15, 0.2) is 0 Å². The molecule has 0 amide bonds. The number of ether oxygens (including phenoxy) is 1. The lowest BCUT2D eigenvalue weighted by Crippen LogP contribution is -2.37. The van der Waals surface area contributed by atoms with Gasteiger partial charge in [0.2, 0.25) is 10.0 Å². The molecule has 1 aromatic carbocycles. The Labute approximate surface area is 127 Å². The maximum atomic E-state index is 12.2. The van der Waals surface area contributed by atoms with Crippen LogP contribution in [0.5, 0.6) is 5.75 Å². The fraction of sp³-hybridized carbons (Fsp3) is 0.571. The van der Waals surface area contributed by atoms with Crippen molar-refractivity contribution < 1.29 is 13.2 Å². The van der Waals surface area contributed by atoms with Crippen LogP contribution in [-0.4, -0.2) is 46.6 Å². The summed E-state index contributed by atoms with van der Waals surface area (Å²) in [7, 11) is -0.114. The highest BCUT2D eigenvalue weighted by atomic mass is 32.2. The van der Waals surface area contributed by atoms with Crippen LogP contribution < -0.4 is 15.2 Å². The van der Waals surface area contributed by atoms with Gasteiger partial charge in [-0.05, 0) is 32.5 Å². The molecule has 1 rings (SSSR count). The van der Waals surface area contributed by atoms with Crippen LogP contribution in [0.15, 0.2) is 23.1 Å². The van der Waals surface area contributed by atoms with E-state index in [-0.39, 0.29) is 4.90 Å². The molecule has 0 fully saturated rings. The van der Waals surface area contributed by atoms with Gasteiger partial charge in [-0.25, -0.2) is 13.1 Å². The molecule has 7 heteroatoms. The number of rotatable bonds is 8. The predicted octanol–water partition coefficient (Wildman–Crippen LogP) is 1.29. The summed E-state index contributed by atoms with van der Waals surface area (Å²) in [5.74, 6) is 0.356. The fourth-order valence-corrected chi connectivity index (χ4v) is 2.87. The SMILES string of the molecule is CCC(C)N(C)CCNS(=O)(=O)c1ccc(N)c(OC)c1. The van der Waals surface area contributed by atoms with E-state index in [9.17, 15) is 8.42 Å². The van der Waals surface area contributed by atoms with E-state index in [1.165, 1.54) is 25.3 Å². The minimum atomic E-state index is -3.55. The summed E-state index contributed by atoms with van der Waals surface area (Å²) >= 11 is 0.